The molecule has 2 aromatic heterocycles. The summed E-state index contributed by atoms with van der Waals surface area (Å²) >= 11 is 0. The Morgan fingerprint density at radius 3 is 2.81 bits per heavy atom. The first-order valence-corrected chi connectivity index (χ1v) is 12.6. The van der Waals surface area contributed by atoms with Crippen molar-refractivity contribution in [3.05, 3.63) is 48.0 Å². The van der Waals surface area contributed by atoms with Gasteiger partial charge in [-0.05, 0) is 31.0 Å². The van der Waals surface area contributed by atoms with E-state index in [9.17, 15) is 17.4 Å². The summed E-state index contributed by atoms with van der Waals surface area (Å²) in [5.74, 6) is -0.376. The van der Waals surface area contributed by atoms with E-state index in [1.54, 1.807) is 6.07 Å². The lowest BCUT2D eigenvalue weighted by atomic mass is 10.1. The zero-order valence-electron chi connectivity index (χ0n) is 19.3. The number of nitrogens with two attached hydrogens (primary N) is 1. The fourth-order valence-corrected chi connectivity index (χ4v) is 5.74. The zero-order chi connectivity index (χ0) is 25.7. The summed E-state index contributed by atoms with van der Waals surface area (Å²) in [5.41, 5.74) is 7.29. The van der Waals surface area contributed by atoms with E-state index in [1.165, 1.54) is 41.9 Å². The van der Waals surface area contributed by atoms with Crippen molar-refractivity contribution in [1.82, 2.24) is 19.4 Å². The van der Waals surface area contributed by atoms with Crippen LogP contribution < -0.4 is 10.5 Å². The third-order valence-electron chi connectivity index (χ3n) is 5.32. The van der Waals surface area contributed by atoms with Crippen molar-refractivity contribution in [2.75, 3.05) is 26.7 Å². The van der Waals surface area contributed by atoms with Gasteiger partial charge in [0.1, 0.15) is 27.1 Å². The van der Waals surface area contributed by atoms with Gasteiger partial charge in [0.25, 0.3) is 6.43 Å². The van der Waals surface area contributed by atoms with Crippen molar-refractivity contribution in [3.8, 4) is 28.6 Å². The zero-order valence-corrected chi connectivity index (χ0v) is 20.1. The van der Waals surface area contributed by atoms with Crippen LogP contribution in [0.15, 0.2) is 50.5 Å². The molecule has 3 aromatic rings. The highest BCUT2D eigenvalue weighted by molar-refractivity contribution is 7.91. The highest BCUT2D eigenvalue weighted by Crippen LogP contribution is 2.28. The van der Waals surface area contributed by atoms with E-state index in [0.29, 0.717) is 35.8 Å². The van der Waals surface area contributed by atoms with Gasteiger partial charge in [0, 0.05) is 30.8 Å². The summed E-state index contributed by atoms with van der Waals surface area (Å²) in [7, 11) is -1.57. The fourth-order valence-electron chi connectivity index (χ4n) is 3.53. The Labute approximate surface area is 205 Å². The number of nitrogens with zero attached hydrogens (tertiary/aromatic N) is 6. The standard InChI is InChI=1S/C22H24F3N7O3S/c1-27-22(26)32-7-3-2-6-30-36(32,33)13-15-8-14(4-5-16(15)23)19-9-17(31-35-19)18-10-29-21(11-28-18)34-12-20(24)25/h4-5,8-11,20H,2-3,6-7,12-13H2,1H3,(H2,26,27). The van der Waals surface area contributed by atoms with Gasteiger partial charge in [-0.15, -0.1) is 0 Å². The normalized spacial score (nSPS) is 18.7. The molecule has 1 atom stereocenters. The lowest BCUT2D eigenvalue weighted by molar-refractivity contribution is 0.0794. The number of alkyl halides is 2. The van der Waals surface area contributed by atoms with Gasteiger partial charge in [-0.2, -0.15) is 0 Å². The first kappa shape index (κ1) is 25.4. The molecule has 36 heavy (non-hydrogen) atoms. The molecule has 0 radical (unpaired) electrons. The summed E-state index contributed by atoms with van der Waals surface area (Å²) in [4.78, 5) is 12.0. The number of benzene rings is 1. The number of guanidine groups is 1. The number of ether oxygens (including phenoxy) is 1. The van der Waals surface area contributed by atoms with Crippen LogP contribution in [0.2, 0.25) is 0 Å². The minimum Gasteiger partial charge on any atom is -0.470 e. The van der Waals surface area contributed by atoms with Crippen LogP contribution in [0.25, 0.3) is 22.7 Å². The molecule has 1 aliphatic rings. The predicted octanol–water partition coefficient (Wildman–Crippen LogP) is 3.50. The highest BCUT2D eigenvalue weighted by Gasteiger charge is 2.26. The summed E-state index contributed by atoms with van der Waals surface area (Å²) in [6.45, 7) is 0.00164. The largest absolute Gasteiger partial charge is 0.470 e. The van der Waals surface area contributed by atoms with Crippen molar-refractivity contribution in [1.29, 1.82) is 0 Å². The van der Waals surface area contributed by atoms with Gasteiger partial charge in [-0.1, -0.05) is 5.16 Å². The average Bonchev–Trinajstić information content (AvgIpc) is 3.28. The van der Waals surface area contributed by atoms with Gasteiger partial charge in [0.15, 0.2) is 12.4 Å². The van der Waals surface area contributed by atoms with Gasteiger partial charge < -0.3 is 15.0 Å². The van der Waals surface area contributed by atoms with E-state index in [-0.39, 0.29) is 23.2 Å². The van der Waals surface area contributed by atoms with Crippen LogP contribution in [-0.4, -0.2) is 62.8 Å². The van der Waals surface area contributed by atoms with Crippen molar-refractivity contribution in [2.24, 2.45) is 15.1 Å². The first-order chi connectivity index (χ1) is 17.3. The maximum atomic E-state index is 14.8. The molecule has 10 nitrogen and oxygen atoms in total. The van der Waals surface area contributed by atoms with E-state index in [2.05, 4.69) is 24.5 Å². The van der Waals surface area contributed by atoms with E-state index < -0.39 is 28.8 Å². The molecule has 4 rings (SSSR count). The molecule has 2 N–H and O–H groups in total. The Morgan fingerprint density at radius 1 is 1.25 bits per heavy atom. The molecular weight excluding hydrogens is 499 g/mol. The Balaban J connectivity index is 1.58. The molecule has 0 bridgehead atoms. The summed E-state index contributed by atoms with van der Waals surface area (Å²) in [6.07, 6.45) is 1.37. The molecule has 1 unspecified atom stereocenters. The highest BCUT2D eigenvalue weighted by atomic mass is 32.2. The lowest BCUT2D eigenvalue weighted by Crippen LogP contribution is -2.42. The van der Waals surface area contributed by atoms with Crippen LogP contribution in [0.3, 0.4) is 0 Å². The average molecular weight is 524 g/mol. The quantitative estimate of drug-likeness (QED) is 0.370. The van der Waals surface area contributed by atoms with Crippen molar-refractivity contribution >= 4 is 15.9 Å². The molecule has 0 amide bonds. The number of aliphatic imine (C=N–C) groups is 1. The predicted molar refractivity (Wildman–Crippen MR) is 127 cm³/mol. The van der Waals surface area contributed by atoms with Crippen LogP contribution in [0.1, 0.15) is 18.4 Å². The van der Waals surface area contributed by atoms with Crippen LogP contribution >= 0.6 is 0 Å². The maximum Gasteiger partial charge on any atom is 0.272 e. The molecule has 1 aromatic carbocycles. The Morgan fingerprint density at radius 2 is 2.08 bits per heavy atom. The SMILES string of the molecule is C/N=C(/N)N1CCCCN=S1(=O)Cc1cc(-c2cc(-c3cnc(OCC(F)F)cn3)no2)ccc1F. The van der Waals surface area contributed by atoms with Gasteiger partial charge in [-0.25, -0.2) is 31.7 Å². The molecule has 0 spiro atoms. The van der Waals surface area contributed by atoms with Crippen molar-refractivity contribution < 1.29 is 26.6 Å². The van der Waals surface area contributed by atoms with Crippen LogP contribution in [0, 0.1) is 5.82 Å². The van der Waals surface area contributed by atoms with E-state index in [1.807, 2.05) is 0 Å². The molecule has 0 fully saturated rings. The first-order valence-electron chi connectivity index (χ1n) is 11.0. The number of halogens is 3. The monoisotopic (exact) mass is 523 g/mol. The van der Waals surface area contributed by atoms with Gasteiger partial charge in [0.05, 0.1) is 24.7 Å². The van der Waals surface area contributed by atoms with Crippen LogP contribution in [0.4, 0.5) is 13.2 Å². The number of hydrogen-bond donors (Lipinski definition) is 1. The number of aromatic nitrogens is 3. The third kappa shape index (κ3) is 5.75. The molecule has 1 aliphatic heterocycles. The molecule has 192 valence electrons. The van der Waals surface area contributed by atoms with E-state index in [4.69, 9.17) is 15.0 Å². The topological polar surface area (TPSA) is 132 Å². The Kier molecular flexibility index (Phi) is 7.72. The van der Waals surface area contributed by atoms with E-state index in [0.717, 1.165) is 12.8 Å². The van der Waals surface area contributed by atoms with Gasteiger partial charge in [0.2, 0.25) is 11.8 Å². The smallest absolute Gasteiger partial charge is 0.272 e. The second-order valence-electron chi connectivity index (χ2n) is 7.82. The fraction of sp³-hybridized carbons (Fsp3) is 0.364. The maximum absolute atomic E-state index is 14.8. The summed E-state index contributed by atoms with van der Waals surface area (Å²) < 4.78 is 69.1. The minimum atomic E-state index is -3.07. The van der Waals surface area contributed by atoms with Crippen LogP contribution in [0.5, 0.6) is 5.88 Å². The molecule has 0 saturated heterocycles. The van der Waals surface area contributed by atoms with Crippen molar-refractivity contribution in [2.45, 2.75) is 25.0 Å². The molecule has 0 saturated carbocycles. The second kappa shape index (κ2) is 10.9. The number of rotatable bonds is 7. The number of hydrogen-bond acceptors (Lipinski definition) is 8. The molecular formula is C22H24F3N7O3S. The molecule has 14 heteroatoms. The summed E-state index contributed by atoms with van der Waals surface area (Å²) in [6, 6.07) is 5.86. The van der Waals surface area contributed by atoms with E-state index >= 15 is 0 Å². The van der Waals surface area contributed by atoms with Crippen molar-refractivity contribution in [3.63, 3.8) is 0 Å². The third-order valence-corrected chi connectivity index (χ3v) is 7.65. The Hall–Kier alpha value is -3.68. The molecule has 0 aliphatic carbocycles. The minimum absolute atomic E-state index is 0.0493. The Bertz CT molecular complexity index is 1360. The molecule has 3 heterocycles. The lowest BCUT2D eigenvalue weighted by Gasteiger charge is -2.25. The summed E-state index contributed by atoms with van der Waals surface area (Å²) in [5, 5.41) is 3.96. The van der Waals surface area contributed by atoms with Gasteiger partial charge in [-0.3, -0.25) is 9.30 Å². The van der Waals surface area contributed by atoms with Crippen LogP contribution in [-0.2, 0) is 15.7 Å². The second-order valence-corrected chi connectivity index (χ2v) is 10.0. The van der Waals surface area contributed by atoms with Gasteiger partial charge >= 0.3 is 0 Å².